The van der Waals surface area contributed by atoms with E-state index in [-0.39, 0.29) is 21.1 Å². The molecular formula is C7H4N3OPt-. The second kappa shape index (κ2) is 4.12. The van der Waals surface area contributed by atoms with E-state index >= 15 is 0 Å². The van der Waals surface area contributed by atoms with Crippen molar-refractivity contribution in [1.29, 1.82) is 0 Å². The average Bonchev–Trinajstić information content (AvgIpc) is 2.58. The van der Waals surface area contributed by atoms with E-state index in [1.807, 2.05) is 0 Å². The molecule has 0 bridgehead atoms. The van der Waals surface area contributed by atoms with Gasteiger partial charge in [-0.25, -0.2) is 0 Å². The molecule has 2 rings (SSSR count). The van der Waals surface area contributed by atoms with Gasteiger partial charge in [0.1, 0.15) is 5.89 Å². The molecule has 0 fully saturated rings. The predicted molar refractivity (Wildman–Crippen MR) is 36.4 cm³/mol. The molecule has 0 saturated heterocycles. The normalized spacial score (nSPS) is 9.00. The minimum Gasteiger partial charge on any atom is -0.501 e. The van der Waals surface area contributed by atoms with Crippen molar-refractivity contribution in [3.8, 4) is 11.6 Å². The Morgan fingerprint density at radius 3 is 2.67 bits per heavy atom. The molecule has 2 aromatic rings. The predicted octanol–water partition coefficient (Wildman–Crippen LogP) is 0.929. The largest absolute Gasteiger partial charge is 0.501 e. The third-order valence-corrected chi connectivity index (χ3v) is 1.15. The fraction of sp³-hybridized carbons (Fsp3) is 0. The van der Waals surface area contributed by atoms with Crippen molar-refractivity contribution in [2.24, 2.45) is 0 Å². The minimum absolute atomic E-state index is 0. The Morgan fingerprint density at radius 1 is 1.17 bits per heavy atom. The van der Waals surface area contributed by atoms with Crippen LogP contribution in [0.15, 0.2) is 29.3 Å². The molecule has 0 aromatic carbocycles. The Labute approximate surface area is 83.3 Å². The van der Waals surface area contributed by atoms with Crippen molar-refractivity contribution >= 4 is 0 Å². The number of rotatable bonds is 1. The third kappa shape index (κ3) is 1.77. The molecule has 0 aliphatic rings. The number of hydrogen-bond donors (Lipinski definition) is 0. The summed E-state index contributed by atoms with van der Waals surface area (Å²) < 4.78 is 4.97. The van der Waals surface area contributed by atoms with Gasteiger partial charge < -0.3 is 9.40 Å². The molecule has 0 N–H and O–H groups in total. The fourth-order valence-corrected chi connectivity index (χ4v) is 0.712. The summed E-state index contributed by atoms with van der Waals surface area (Å²) >= 11 is 0. The topological polar surface area (TPSA) is 51.8 Å². The SMILES string of the molecule is [Pt].[c-]1nccnc1-c1ncco1. The summed E-state index contributed by atoms with van der Waals surface area (Å²) in [6, 6.07) is 0. The number of aromatic nitrogens is 3. The van der Waals surface area contributed by atoms with Crippen molar-refractivity contribution in [2.45, 2.75) is 0 Å². The van der Waals surface area contributed by atoms with E-state index < -0.39 is 0 Å². The number of hydrogen-bond acceptors (Lipinski definition) is 4. The second-order valence-electron chi connectivity index (χ2n) is 1.85. The van der Waals surface area contributed by atoms with Crippen molar-refractivity contribution in [1.82, 2.24) is 15.0 Å². The van der Waals surface area contributed by atoms with E-state index in [2.05, 4.69) is 21.1 Å². The van der Waals surface area contributed by atoms with Crippen LogP contribution in [-0.4, -0.2) is 15.0 Å². The van der Waals surface area contributed by atoms with E-state index in [1.165, 1.54) is 6.26 Å². The summed E-state index contributed by atoms with van der Waals surface area (Å²) in [5.41, 5.74) is 0.525. The number of nitrogens with zero attached hydrogens (tertiary/aromatic N) is 3. The van der Waals surface area contributed by atoms with Gasteiger partial charge in [-0.15, -0.1) is 0 Å². The molecule has 0 radical (unpaired) electrons. The van der Waals surface area contributed by atoms with Crippen LogP contribution in [0.1, 0.15) is 0 Å². The summed E-state index contributed by atoms with van der Waals surface area (Å²) in [4.78, 5) is 11.6. The smallest absolute Gasteiger partial charge is 0.142 e. The van der Waals surface area contributed by atoms with Crippen LogP contribution in [0.4, 0.5) is 0 Å². The number of oxazole rings is 1. The molecule has 12 heavy (non-hydrogen) atoms. The first-order chi connectivity index (χ1) is 5.47. The maximum atomic E-state index is 4.97. The molecule has 0 saturated carbocycles. The molecule has 64 valence electrons. The van der Waals surface area contributed by atoms with E-state index in [9.17, 15) is 0 Å². The molecule has 0 aliphatic heterocycles. The third-order valence-electron chi connectivity index (χ3n) is 1.15. The molecule has 0 spiro atoms. The monoisotopic (exact) mass is 341 g/mol. The summed E-state index contributed by atoms with van der Waals surface area (Å²) in [6.07, 6.45) is 8.80. The molecule has 0 amide bonds. The van der Waals surface area contributed by atoms with Gasteiger partial charge in [0.2, 0.25) is 0 Å². The zero-order valence-electron chi connectivity index (χ0n) is 5.88. The van der Waals surface area contributed by atoms with Gasteiger partial charge in [0, 0.05) is 33.0 Å². The van der Waals surface area contributed by atoms with E-state index in [4.69, 9.17) is 4.42 Å². The zero-order valence-corrected chi connectivity index (χ0v) is 8.15. The van der Waals surface area contributed by atoms with Gasteiger partial charge in [0.05, 0.1) is 6.26 Å². The molecule has 0 atom stereocenters. The summed E-state index contributed by atoms with van der Waals surface area (Å²) in [5, 5.41) is 0. The molecule has 0 unspecified atom stereocenters. The van der Waals surface area contributed by atoms with Crippen molar-refractivity contribution < 1.29 is 25.5 Å². The van der Waals surface area contributed by atoms with Crippen molar-refractivity contribution in [2.75, 3.05) is 0 Å². The van der Waals surface area contributed by atoms with Crippen molar-refractivity contribution in [3.05, 3.63) is 31.1 Å². The van der Waals surface area contributed by atoms with Crippen LogP contribution in [0, 0.1) is 6.20 Å². The van der Waals surface area contributed by atoms with Crippen LogP contribution < -0.4 is 0 Å². The van der Waals surface area contributed by atoms with E-state index in [1.54, 1.807) is 18.6 Å². The van der Waals surface area contributed by atoms with Crippen LogP contribution in [-0.2, 0) is 21.1 Å². The Balaban J connectivity index is 0.000000720. The summed E-state index contributed by atoms with van der Waals surface area (Å²) in [6.45, 7) is 0. The molecule has 2 aromatic heterocycles. The Kier molecular flexibility index (Phi) is 3.11. The zero-order chi connectivity index (χ0) is 7.52. The second-order valence-corrected chi connectivity index (χ2v) is 1.85. The van der Waals surface area contributed by atoms with Gasteiger partial charge in [-0.2, -0.15) is 0 Å². The molecule has 0 aliphatic carbocycles. The molecule has 4 nitrogen and oxygen atoms in total. The fourth-order valence-electron chi connectivity index (χ4n) is 0.712. The van der Waals surface area contributed by atoms with Crippen LogP contribution in [0.25, 0.3) is 11.6 Å². The molecular weight excluding hydrogens is 337 g/mol. The van der Waals surface area contributed by atoms with Crippen LogP contribution in [0.2, 0.25) is 0 Å². The summed E-state index contributed by atoms with van der Waals surface area (Å²) in [5.74, 6) is 0.443. The maximum Gasteiger partial charge on any atom is 0.142 e. The van der Waals surface area contributed by atoms with Crippen molar-refractivity contribution in [3.63, 3.8) is 0 Å². The van der Waals surface area contributed by atoms with Gasteiger partial charge in [0.25, 0.3) is 0 Å². The molecule has 2 heterocycles. The van der Waals surface area contributed by atoms with Gasteiger partial charge in [-0.3, -0.25) is 9.97 Å². The summed E-state index contributed by atoms with van der Waals surface area (Å²) in [7, 11) is 0. The van der Waals surface area contributed by atoms with E-state index in [0.717, 1.165) is 0 Å². The average molecular weight is 341 g/mol. The standard InChI is InChI=1S/C7H4N3O.Pt/c1-2-9-6(5-8-1)7-10-3-4-11-7;/h1-4H;/q-1;. The first-order valence-electron chi connectivity index (χ1n) is 3.05. The van der Waals surface area contributed by atoms with Gasteiger partial charge >= 0.3 is 0 Å². The quantitative estimate of drug-likeness (QED) is 0.724. The Bertz CT molecular complexity index is 322. The Hall–Kier alpha value is -1.02. The maximum absolute atomic E-state index is 4.97. The minimum atomic E-state index is 0. The van der Waals surface area contributed by atoms with Crippen LogP contribution in [0.5, 0.6) is 0 Å². The van der Waals surface area contributed by atoms with Gasteiger partial charge in [-0.1, -0.05) is 6.20 Å². The van der Waals surface area contributed by atoms with Crippen LogP contribution in [0.3, 0.4) is 0 Å². The first kappa shape index (κ1) is 9.07. The van der Waals surface area contributed by atoms with Gasteiger partial charge in [0.15, 0.2) is 0 Å². The van der Waals surface area contributed by atoms with Gasteiger partial charge in [-0.05, 0) is 12.4 Å². The van der Waals surface area contributed by atoms with E-state index in [0.29, 0.717) is 11.6 Å². The Morgan fingerprint density at radius 2 is 2.08 bits per heavy atom. The van der Waals surface area contributed by atoms with Crippen LogP contribution >= 0.6 is 0 Å². The molecule has 5 heteroatoms. The first-order valence-corrected chi connectivity index (χ1v) is 3.05.